The molecule has 0 spiro atoms. The van der Waals surface area contributed by atoms with E-state index in [1.54, 1.807) is 12.2 Å². The lowest BCUT2D eigenvalue weighted by molar-refractivity contribution is -0.151. The maximum atomic E-state index is 12.7. The maximum Gasteiger partial charge on any atom is 0.228 e. The Balaban J connectivity index is 2.14. The quantitative estimate of drug-likeness (QED) is 0.907. The number of carbonyl (C=O) groups is 1. The second-order valence-corrected chi connectivity index (χ2v) is 6.88. The summed E-state index contributed by atoms with van der Waals surface area (Å²) in [5.74, 6) is -0.588. The van der Waals surface area contributed by atoms with Gasteiger partial charge in [-0.25, -0.2) is 0 Å². The number of piperidine rings is 1. The van der Waals surface area contributed by atoms with Crippen molar-refractivity contribution in [1.82, 2.24) is 10.4 Å². The van der Waals surface area contributed by atoms with Gasteiger partial charge in [0.1, 0.15) is 5.54 Å². The number of nitrogens with zero attached hydrogens (tertiary/aromatic N) is 2. The number of hydroxylamine groups is 2. The highest BCUT2D eigenvalue weighted by Crippen LogP contribution is 2.29. The molecule has 130 valence electrons. The van der Waals surface area contributed by atoms with Crippen LogP contribution in [0.1, 0.15) is 42.4 Å². The molecular weight excluding hydrogens is 326 g/mol. The van der Waals surface area contributed by atoms with Gasteiger partial charge >= 0.3 is 0 Å². The summed E-state index contributed by atoms with van der Waals surface area (Å²) < 4.78 is 0. The number of carbonyl (C=O) groups excluding carboxylic acids is 1. The van der Waals surface area contributed by atoms with Crippen molar-refractivity contribution in [3.63, 3.8) is 0 Å². The highest BCUT2D eigenvalue weighted by Gasteiger charge is 2.37. The number of halogens is 1. The minimum Gasteiger partial charge on any atom is -0.337 e. The van der Waals surface area contributed by atoms with Crippen molar-refractivity contribution < 1.29 is 9.63 Å². The summed E-state index contributed by atoms with van der Waals surface area (Å²) in [5.41, 5.74) is 2.14. The lowest BCUT2D eigenvalue weighted by Gasteiger charge is -2.37. The Labute approximate surface area is 148 Å². The molecule has 1 aliphatic rings. The molecule has 0 aliphatic carbocycles. The highest BCUT2D eigenvalue weighted by molar-refractivity contribution is 6.31. The second kappa shape index (κ2) is 7.52. The Kier molecular flexibility index (Phi) is 5.87. The third-order valence-electron chi connectivity index (χ3n) is 4.88. The van der Waals surface area contributed by atoms with Crippen LogP contribution in [0.25, 0.3) is 0 Å². The minimum atomic E-state index is -0.841. The number of nitriles is 1. The molecule has 1 N–H and O–H groups in total. The zero-order chi connectivity index (χ0) is 17.9. The Morgan fingerprint density at radius 1 is 1.38 bits per heavy atom. The molecule has 1 aliphatic heterocycles. The van der Waals surface area contributed by atoms with Crippen molar-refractivity contribution in [2.24, 2.45) is 0 Å². The lowest BCUT2D eigenvalue weighted by atomic mass is 9.88. The standard InChI is InChI=1S/C18H24ClN3O2/c1-12-9-15(16(19)10-13(12)2)14(3)17(23)21-18(11-20)5-7-22(24-4)8-6-18/h9-10,14H,5-8H2,1-4H3,(H,21,23). The molecule has 1 fully saturated rings. The van der Waals surface area contributed by atoms with Crippen LogP contribution < -0.4 is 5.32 Å². The monoisotopic (exact) mass is 349 g/mol. The van der Waals surface area contributed by atoms with Crippen LogP contribution in [-0.4, -0.2) is 36.7 Å². The van der Waals surface area contributed by atoms with Crippen LogP contribution in [0.4, 0.5) is 0 Å². The lowest BCUT2D eigenvalue weighted by Crippen LogP contribution is -2.55. The van der Waals surface area contributed by atoms with Crippen LogP contribution >= 0.6 is 11.6 Å². The smallest absolute Gasteiger partial charge is 0.228 e. The van der Waals surface area contributed by atoms with E-state index in [0.29, 0.717) is 31.0 Å². The molecule has 0 saturated carbocycles. The number of hydrogen-bond acceptors (Lipinski definition) is 4. The minimum absolute atomic E-state index is 0.174. The summed E-state index contributed by atoms with van der Waals surface area (Å²) in [7, 11) is 1.61. The first-order chi connectivity index (χ1) is 11.3. The molecule has 2 rings (SSSR count). The molecule has 1 aromatic rings. The molecule has 1 heterocycles. The summed E-state index contributed by atoms with van der Waals surface area (Å²) in [6.07, 6.45) is 1.08. The predicted molar refractivity (Wildman–Crippen MR) is 93.6 cm³/mol. The van der Waals surface area contributed by atoms with Crippen molar-refractivity contribution in [2.75, 3.05) is 20.2 Å². The van der Waals surface area contributed by atoms with E-state index in [2.05, 4.69) is 11.4 Å². The average molecular weight is 350 g/mol. The Bertz CT molecular complexity index is 661. The van der Waals surface area contributed by atoms with Gasteiger partial charge < -0.3 is 10.2 Å². The zero-order valence-corrected chi connectivity index (χ0v) is 15.4. The first-order valence-electron chi connectivity index (χ1n) is 8.11. The van der Waals surface area contributed by atoms with Crippen LogP contribution in [0.5, 0.6) is 0 Å². The molecule has 1 unspecified atom stereocenters. The number of aryl methyl sites for hydroxylation is 2. The molecule has 1 aromatic carbocycles. The number of hydrogen-bond donors (Lipinski definition) is 1. The molecule has 24 heavy (non-hydrogen) atoms. The SMILES string of the molecule is CON1CCC(C#N)(NC(=O)C(C)c2cc(C)c(C)cc2Cl)CC1. The van der Waals surface area contributed by atoms with Crippen molar-refractivity contribution in [1.29, 1.82) is 5.26 Å². The number of amides is 1. The highest BCUT2D eigenvalue weighted by atomic mass is 35.5. The van der Waals surface area contributed by atoms with Gasteiger partial charge in [0, 0.05) is 18.1 Å². The third-order valence-corrected chi connectivity index (χ3v) is 5.21. The fourth-order valence-electron chi connectivity index (χ4n) is 2.94. The summed E-state index contributed by atoms with van der Waals surface area (Å²) in [6.45, 7) is 7.04. The molecule has 1 atom stereocenters. The van der Waals surface area contributed by atoms with E-state index in [1.807, 2.05) is 32.9 Å². The van der Waals surface area contributed by atoms with Gasteiger partial charge in [0.25, 0.3) is 0 Å². The van der Waals surface area contributed by atoms with Crippen molar-refractivity contribution in [2.45, 2.75) is 45.1 Å². The first-order valence-corrected chi connectivity index (χ1v) is 8.48. The number of nitrogens with one attached hydrogen (secondary N) is 1. The van der Waals surface area contributed by atoms with Gasteiger partial charge in [0.15, 0.2) is 0 Å². The maximum absolute atomic E-state index is 12.7. The zero-order valence-electron chi connectivity index (χ0n) is 14.6. The van der Waals surface area contributed by atoms with Crippen LogP contribution in [0, 0.1) is 25.2 Å². The fourth-order valence-corrected chi connectivity index (χ4v) is 3.32. The van der Waals surface area contributed by atoms with Gasteiger partial charge in [-0.3, -0.25) is 4.79 Å². The summed E-state index contributed by atoms with van der Waals surface area (Å²) in [5, 5.41) is 14.9. The van der Waals surface area contributed by atoms with Crippen LogP contribution in [0.15, 0.2) is 12.1 Å². The average Bonchev–Trinajstić information content (AvgIpc) is 2.58. The number of rotatable bonds is 4. The molecule has 1 saturated heterocycles. The normalized spacial score (nSPS) is 18.7. The Hall–Kier alpha value is -1.61. The summed E-state index contributed by atoms with van der Waals surface area (Å²) in [4.78, 5) is 17.9. The van der Waals surface area contributed by atoms with E-state index in [1.165, 1.54) is 0 Å². The van der Waals surface area contributed by atoms with E-state index in [0.717, 1.165) is 16.7 Å². The third kappa shape index (κ3) is 3.89. The molecule has 0 radical (unpaired) electrons. The Morgan fingerprint density at radius 3 is 2.50 bits per heavy atom. The Morgan fingerprint density at radius 2 is 1.96 bits per heavy atom. The van der Waals surface area contributed by atoms with Crippen LogP contribution in [0.3, 0.4) is 0 Å². The van der Waals surface area contributed by atoms with Gasteiger partial charge in [0.05, 0.1) is 19.1 Å². The number of benzene rings is 1. The van der Waals surface area contributed by atoms with Gasteiger partial charge in [-0.1, -0.05) is 17.7 Å². The van der Waals surface area contributed by atoms with Gasteiger partial charge in [-0.2, -0.15) is 10.3 Å². The van der Waals surface area contributed by atoms with Gasteiger partial charge in [-0.05, 0) is 56.4 Å². The van der Waals surface area contributed by atoms with Crippen LogP contribution in [-0.2, 0) is 9.63 Å². The van der Waals surface area contributed by atoms with E-state index < -0.39 is 11.5 Å². The van der Waals surface area contributed by atoms with Crippen molar-refractivity contribution in [3.8, 4) is 6.07 Å². The predicted octanol–water partition coefficient (Wildman–Crippen LogP) is 3.10. The van der Waals surface area contributed by atoms with E-state index in [-0.39, 0.29) is 5.91 Å². The van der Waals surface area contributed by atoms with Crippen molar-refractivity contribution >= 4 is 17.5 Å². The summed E-state index contributed by atoms with van der Waals surface area (Å²) in [6, 6.07) is 6.12. The molecular formula is C18H24ClN3O2. The van der Waals surface area contributed by atoms with Crippen molar-refractivity contribution in [3.05, 3.63) is 33.8 Å². The first kappa shape index (κ1) is 18.7. The topological polar surface area (TPSA) is 65.4 Å². The fraction of sp³-hybridized carbons (Fsp3) is 0.556. The molecule has 0 aromatic heterocycles. The van der Waals surface area contributed by atoms with Crippen LogP contribution in [0.2, 0.25) is 5.02 Å². The molecule has 1 amide bonds. The molecule has 0 bridgehead atoms. The largest absolute Gasteiger partial charge is 0.337 e. The van der Waals surface area contributed by atoms with Gasteiger partial charge in [0.2, 0.25) is 5.91 Å². The van der Waals surface area contributed by atoms with E-state index in [4.69, 9.17) is 16.4 Å². The summed E-state index contributed by atoms with van der Waals surface area (Å²) >= 11 is 6.32. The van der Waals surface area contributed by atoms with E-state index in [9.17, 15) is 10.1 Å². The van der Waals surface area contributed by atoms with Gasteiger partial charge in [-0.15, -0.1) is 0 Å². The second-order valence-electron chi connectivity index (χ2n) is 6.47. The van der Waals surface area contributed by atoms with E-state index >= 15 is 0 Å². The molecule has 5 nitrogen and oxygen atoms in total. The molecule has 6 heteroatoms.